The van der Waals surface area contributed by atoms with Gasteiger partial charge in [-0.2, -0.15) is 0 Å². The molecule has 0 atom stereocenters. The van der Waals surface area contributed by atoms with Crippen LogP contribution in [0.2, 0.25) is 0 Å². The quantitative estimate of drug-likeness (QED) is 0.698. The van der Waals surface area contributed by atoms with E-state index in [9.17, 15) is 0 Å². The van der Waals surface area contributed by atoms with Gasteiger partial charge in [0.2, 0.25) is 0 Å². The van der Waals surface area contributed by atoms with Crippen LogP contribution in [0, 0.1) is 0 Å². The van der Waals surface area contributed by atoms with Gasteiger partial charge in [-0.05, 0) is 12.2 Å². The van der Waals surface area contributed by atoms with Gasteiger partial charge in [0, 0.05) is 21.2 Å². The fraction of sp³-hybridized carbons (Fsp3) is 0. The number of ether oxygens (including phenoxy) is 2. The molecule has 2 aromatic rings. The molecule has 0 saturated carbocycles. The zero-order chi connectivity index (χ0) is 11.9. The highest BCUT2D eigenvalue weighted by Crippen LogP contribution is 2.29. The number of allylic oxidation sites excluding steroid dienone is 1. The molecule has 2 aromatic carbocycles. The summed E-state index contributed by atoms with van der Waals surface area (Å²) in [5, 5.41) is 4.13. The van der Waals surface area contributed by atoms with Crippen molar-refractivity contribution in [1.29, 1.82) is 0 Å². The van der Waals surface area contributed by atoms with E-state index in [0.29, 0.717) is 0 Å². The van der Waals surface area contributed by atoms with E-state index in [4.69, 9.17) is 9.47 Å². The number of benzene rings is 2. The maximum atomic E-state index is 5.66. The molecular formula is C15H9NO2. The molecule has 2 aliphatic heterocycles. The Bertz CT molecular complexity index is 832. The van der Waals surface area contributed by atoms with Crippen molar-refractivity contribution >= 4 is 35.2 Å². The average molecular weight is 235 g/mol. The molecule has 0 saturated heterocycles. The Kier molecular flexibility index (Phi) is 1.83. The van der Waals surface area contributed by atoms with Crippen LogP contribution in [0.5, 0.6) is 5.75 Å². The third-order valence-electron chi connectivity index (χ3n) is 3.17. The zero-order valence-corrected chi connectivity index (χ0v) is 9.46. The molecule has 0 aliphatic carbocycles. The Labute approximate surface area is 103 Å². The molecule has 3 nitrogen and oxygen atoms in total. The molecule has 86 valence electrons. The molecule has 0 N–H and O–H groups in total. The minimum Gasteiger partial charge on any atom is -0.464 e. The summed E-state index contributed by atoms with van der Waals surface area (Å²) in [6.07, 6.45) is 8.76. The van der Waals surface area contributed by atoms with Gasteiger partial charge in [-0.25, -0.2) is 4.99 Å². The van der Waals surface area contributed by atoms with Crippen molar-refractivity contribution in [3.63, 3.8) is 0 Å². The van der Waals surface area contributed by atoms with Gasteiger partial charge in [-0.1, -0.05) is 24.3 Å². The van der Waals surface area contributed by atoms with Crippen LogP contribution in [0.1, 0.15) is 0 Å². The molecule has 0 unspecified atom stereocenters. The average Bonchev–Trinajstić information content (AvgIpc) is 2.48. The summed E-state index contributed by atoms with van der Waals surface area (Å²) >= 11 is 0. The number of fused-ring (bicyclic) bond motifs is 6. The molecule has 4 rings (SSSR count). The van der Waals surface area contributed by atoms with E-state index in [0.717, 1.165) is 32.6 Å². The third kappa shape index (κ3) is 1.16. The number of hydrogen-bond acceptors (Lipinski definition) is 3. The highest BCUT2D eigenvalue weighted by atomic mass is 16.5. The maximum absolute atomic E-state index is 5.66. The van der Waals surface area contributed by atoms with Crippen LogP contribution in [-0.2, 0) is 4.74 Å². The van der Waals surface area contributed by atoms with Crippen molar-refractivity contribution < 1.29 is 9.47 Å². The van der Waals surface area contributed by atoms with Crippen LogP contribution in [0.4, 0.5) is 5.69 Å². The van der Waals surface area contributed by atoms with E-state index >= 15 is 0 Å². The molecule has 0 radical (unpaired) electrons. The summed E-state index contributed by atoms with van der Waals surface area (Å²) in [4.78, 5) is 4.35. The molecule has 0 bridgehead atoms. The molecule has 0 aromatic heterocycles. The minimum absolute atomic E-state index is 0.865. The van der Waals surface area contributed by atoms with Crippen molar-refractivity contribution in [2.75, 3.05) is 0 Å². The van der Waals surface area contributed by atoms with Gasteiger partial charge in [-0.3, -0.25) is 0 Å². The summed E-state index contributed by atoms with van der Waals surface area (Å²) < 4.78 is 10.9. The lowest BCUT2D eigenvalue weighted by Crippen LogP contribution is -2.29. The fourth-order valence-corrected chi connectivity index (χ4v) is 2.40. The standard InChI is InChI=1S/C15H9NO2/c1-2-5-11-10(4-1)14-13(8-17-9-16-14)12-6-3-7-18-15(11)12/h1-9H. The van der Waals surface area contributed by atoms with E-state index in [2.05, 4.69) is 4.99 Å². The summed E-state index contributed by atoms with van der Waals surface area (Å²) in [7, 11) is 0. The lowest BCUT2D eigenvalue weighted by molar-refractivity contribution is 0.479. The highest BCUT2D eigenvalue weighted by molar-refractivity contribution is 5.99. The Morgan fingerprint density at radius 2 is 1.89 bits per heavy atom. The fourth-order valence-electron chi connectivity index (χ4n) is 2.40. The van der Waals surface area contributed by atoms with Crippen molar-refractivity contribution in [2.24, 2.45) is 4.99 Å². The maximum Gasteiger partial charge on any atom is 0.180 e. The number of hydrogen-bond donors (Lipinski definition) is 0. The Morgan fingerprint density at radius 3 is 2.83 bits per heavy atom. The lowest BCUT2D eigenvalue weighted by Gasteiger charge is -2.14. The SMILES string of the molecule is C1=COc2c(c3c(c4ccccc24)N=COC=3)=C1. The first-order valence-corrected chi connectivity index (χ1v) is 5.71. The first-order valence-electron chi connectivity index (χ1n) is 5.71. The van der Waals surface area contributed by atoms with E-state index in [-0.39, 0.29) is 0 Å². The van der Waals surface area contributed by atoms with E-state index < -0.39 is 0 Å². The van der Waals surface area contributed by atoms with Gasteiger partial charge in [-0.15, -0.1) is 0 Å². The minimum atomic E-state index is 0.865. The van der Waals surface area contributed by atoms with E-state index in [1.54, 1.807) is 12.5 Å². The van der Waals surface area contributed by atoms with E-state index in [1.165, 1.54) is 6.40 Å². The molecule has 18 heavy (non-hydrogen) atoms. The summed E-state index contributed by atoms with van der Waals surface area (Å²) in [6, 6.07) is 8.10. The Hall–Kier alpha value is -2.55. The molecule has 0 spiro atoms. The van der Waals surface area contributed by atoms with E-state index in [1.807, 2.05) is 36.4 Å². The number of nitrogens with zero attached hydrogens (tertiary/aromatic N) is 1. The molecule has 3 heteroatoms. The smallest absolute Gasteiger partial charge is 0.180 e. The second-order valence-electron chi connectivity index (χ2n) is 4.15. The summed E-state index contributed by atoms with van der Waals surface area (Å²) in [5.74, 6) is 0.865. The highest BCUT2D eigenvalue weighted by Gasteiger charge is 2.14. The van der Waals surface area contributed by atoms with Crippen molar-refractivity contribution in [2.45, 2.75) is 0 Å². The van der Waals surface area contributed by atoms with Gasteiger partial charge in [0.1, 0.15) is 12.0 Å². The summed E-state index contributed by atoms with van der Waals surface area (Å²) in [5.41, 5.74) is 0.936. The van der Waals surface area contributed by atoms with Crippen LogP contribution >= 0.6 is 0 Å². The second kappa shape index (κ2) is 3.47. The second-order valence-corrected chi connectivity index (χ2v) is 4.15. The first kappa shape index (κ1) is 9.48. The zero-order valence-electron chi connectivity index (χ0n) is 9.46. The van der Waals surface area contributed by atoms with Crippen molar-refractivity contribution in [1.82, 2.24) is 0 Å². The summed E-state index contributed by atoms with van der Waals surface area (Å²) in [6.45, 7) is 0. The molecule has 2 heterocycles. The Morgan fingerprint density at radius 1 is 1.00 bits per heavy atom. The van der Waals surface area contributed by atoms with Crippen LogP contribution in [0.3, 0.4) is 0 Å². The van der Waals surface area contributed by atoms with Crippen molar-refractivity contribution in [3.8, 4) is 5.75 Å². The van der Waals surface area contributed by atoms with Crippen LogP contribution in [0.25, 0.3) is 23.1 Å². The topological polar surface area (TPSA) is 30.8 Å². The van der Waals surface area contributed by atoms with Crippen LogP contribution in [0.15, 0.2) is 41.6 Å². The predicted octanol–water partition coefficient (Wildman–Crippen LogP) is 1.95. The van der Waals surface area contributed by atoms with Crippen LogP contribution < -0.4 is 15.2 Å². The van der Waals surface area contributed by atoms with Gasteiger partial charge in [0.25, 0.3) is 0 Å². The largest absolute Gasteiger partial charge is 0.464 e. The molecular weight excluding hydrogens is 226 g/mol. The van der Waals surface area contributed by atoms with Crippen LogP contribution in [-0.4, -0.2) is 6.40 Å². The monoisotopic (exact) mass is 235 g/mol. The molecule has 0 fully saturated rings. The predicted molar refractivity (Wildman–Crippen MR) is 71.1 cm³/mol. The first-order chi connectivity index (χ1) is 8.95. The lowest BCUT2D eigenvalue weighted by atomic mass is 10.0. The van der Waals surface area contributed by atoms with Gasteiger partial charge < -0.3 is 9.47 Å². The normalized spacial score (nSPS) is 14.9. The molecule has 0 amide bonds. The van der Waals surface area contributed by atoms with Crippen molar-refractivity contribution in [3.05, 3.63) is 47.0 Å². The molecule has 2 aliphatic rings. The van der Waals surface area contributed by atoms with Gasteiger partial charge in [0.15, 0.2) is 6.40 Å². The third-order valence-corrected chi connectivity index (χ3v) is 3.17. The van der Waals surface area contributed by atoms with Gasteiger partial charge >= 0.3 is 0 Å². The Balaban J connectivity index is 2.35. The number of aliphatic imine (C=N–C) groups is 1. The number of rotatable bonds is 0. The van der Waals surface area contributed by atoms with Gasteiger partial charge in [0.05, 0.1) is 11.9 Å².